The molecule has 0 bridgehead atoms. The second-order valence-corrected chi connectivity index (χ2v) is 32.0. The quantitative estimate of drug-likeness (QED) is 0.121. The lowest BCUT2D eigenvalue weighted by Crippen LogP contribution is -2.49. The van der Waals surface area contributed by atoms with Crippen LogP contribution < -0.4 is 46.7 Å². The van der Waals surface area contributed by atoms with Crippen molar-refractivity contribution < 1.29 is 0 Å². The van der Waals surface area contributed by atoms with Crippen LogP contribution in [0.3, 0.4) is 0 Å². The summed E-state index contributed by atoms with van der Waals surface area (Å²) in [6, 6.07) is 35.4. The first-order valence-electron chi connectivity index (χ1n) is 25.2. The van der Waals surface area contributed by atoms with Crippen molar-refractivity contribution in [3.8, 4) is 0 Å². The van der Waals surface area contributed by atoms with Crippen LogP contribution in [0.15, 0.2) is 121 Å². The third-order valence-electron chi connectivity index (χ3n) is 14.7. The Bertz CT molecular complexity index is 3180. The lowest BCUT2D eigenvalue weighted by molar-refractivity contribution is 0.500. The van der Waals surface area contributed by atoms with Gasteiger partial charge >= 0.3 is 0 Å². The predicted molar refractivity (Wildman–Crippen MR) is 335 cm³/mol. The van der Waals surface area contributed by atoms with Gasteiger partial charge in [0.15, 0.2) is 0 Å². The molecule has 6 aromatic rings. The summed E-state index contributed by atoms with van der Waals surface area (Å²) >= 11 is 7.81. The number of anilines is 3. The van der Waals surface area contributed by atoms with Crippen LogP contribution in [-0.2, 0) is 0 Å². The van der Waals surface area contributed by atoms with E-state index in [1.807, 2.05) is 0 Å². The van der Waals surface area contributed by atoms with Gasteiger partial charge in [0.2, 0.25) is 0 Å². The molecule has 6 aliphatic rings. The third-order valence-corrected chi connectivity index (χ3v) is 27.5. The number of aryl methyl sites for hydroxylation is 6. The fourth-order valence-electron chi connectivity index (χ4n) is 10.6. The average molecular weight is 1350 g/mol. The zero-order chi connectivity index (χ0) is 50.5. The number of piperazine rings is 3. The Labute approximate surface area is 469 Å². The van der Waals surface area contributed by atoms with Crippen LogP contribution in [0.2, 0.25) is 0 Å². The van der Waals surface area contributed by atoms with Gasteiger partial charge in [-0.25, -0.2) is 15.0 Å². The minimum atomic E-state index is 0.0474. The standard InChI is InChI=1S/3C19H22IN3S/c3*1-12-5-4-6-16-18(12)22-19-13(2)9-15(10-17(19)24(16)20)23-8-7-21-11-14(23)3/h3*4-6,9-10,14,21H,7-8,11H2,1-3H3. The number of rotatable bonds is 3. The summed E-state index contributed by atoms with van der Waals surface area (Å²) in [6.45, 7) is 29.5. The van der Waals surface area contributed by atoms with Crippen molar-refractivity contribution in [2.45, 2.75) is 95.1 Å². The van der Waals surface area contributed by atoms with E-state index in [0.717, 1.165) is 58.9 Å². The Hall–Kier alpha value is -2.76. The van der Waals surface area contributed by atoms with E-state index < -0.39 is 0 Å². The molecule has 15 heteroatoms. The van der Waals surface area contributed by atoms with Crippen molar-refractivity contribution in [1.29, 1.82) is 0 Å². The molecule has 0 aromatic heterocycles. The fraction of sp³-hybridized carbons (Fsp3) is 0.368. The van der Waals surface area contributed by atoms with E-state index in [9.17, 15) is 0 Å². The molecule has 9 nitrogen and oxygen atoms in total. The monoisotopic (exact) mass is 1350 g/mol. The SMILES string of the molecule is Cc1cc(N2CCNCC2C)cc2c1N=c1c(C)cccc1=S2I.Cc1cc(N2CCNCC2C)cc2c1N=c1c(C)cccc1=S2I.Cc1cc(N2CCNCC2C)cc2c1N=c1c(C)cccc1=S2I. The van der Waals surface area contributed by atoms with Crippen molar-refractivity contribution >= 4 is 121 Å². The molecule has 72 heavy (non-hydrogen) atoms. The molecule has 3 saturated heterocycles. The minimum absolute atomic E-state index is 0.0474. The second-order valence-electron chi connectivity index (χ2n) is 19.9. The lowest BCUT2D eigenvalue weighted by atomic mass is 10.1. The Balaban J connectivity index is 0.000000124. The highest BCUT2D eigenvalue weighted by atomic mass is 127. The van der Waals surface area contributed by atoms with E-state index >= 15 is 0 Å². The van der Waals surface area contributed by atoms with E-state index in [1.54, 1.807) is 0 Å². The van der Waals surface area contributed by atoms with Gasteiger partial charge in [0.1, 0.15) is 0 Å². The zero-order valence-corrected chi connectivity index (χ0v) is 51.7. The topological polar surface area (TPSA) is 82.9 Å². The van der Waals surface area contributed by atoms with E-state index in [4.69, 9.17) is 15.0 Å². The van der Waals surface area contributed by atoms with Crippen LogP contribution in [0.4, 0.5) is 34.1 Å². The van der Waals surface area contributed by atoms with Gasteiger partial charge in [-0.15, -0.1) is 0 Å². The van der Waals surface area contributed by atoms with Crippen molar-refractivity contribution in [2.24, 2.45) is 15.0 Å². The summed E-state index contributed by atoms with van der Waals surface area (Å²) < 4.78 is 4.11. The van der Waals surface area contributed by atoms with Gasteiger partial charge in [-0.1, -0.05) is 59.4 Å². The second kappa shape index (κ2) is 22.4. The number of halogens is 3. The molecule has 378 valence electrons. The third kappa shape index (κ3) is 10.4. The summed E-state index contributed by atoms with van der Waals surface area (Å²) in [7, 11) is 0.142. The Morgan fingerprint density at radius 3 is 0.958 bits per heavy atom. The molecule has 12 rings (SSSR count). The Morgan fingerprint density at radius 1 is 0.417 bits per heavy atom. The van der Waals surface area contributed by atoms with Gasteiger partial charge in [0.25, 0.3) is 0 Å². The number of hydrogen-bond donors (Lipinski definition) is 3. The molecule has 0 saturated carbocycles. The van der Waals surface area contributed by atoms with Crippen molar-refractivity contribution in [1.82, 2.24) is 16.0 Å². The molecule has 6 aromatic carbocycles. The molecule has 0 aliphatic carbocycles. The normalized spacial score (nSPS) is 22.6. The first kappa shape index (κ1) is 52.7. The van der Waals surface area contributed by atoms with E-state index in [-0.39, 0.29) is 23.0 Å². The number of hydrogen-bond acceptors (Lipinski definition) is 9. The number of nitrogens with zero attached hydrogens (tertiary/aromatic N) is 6. The molecule has 3 fully saturated rings. The van der Waals surface area contributed by atoms with Gasteiger partial charge in [-0.05, 0) is 214 Å². The Kier molecular flexibility index (Phi) is 16.4. The van der Waals surface area contributed by atoms with E-state index in [2.05, 4.69) is 248 Å². The van der Waals surface area contributed by atoms with Crippen LogP contribution >= 0.6 is 86.6 Å². The number of fused-ring (bicyclic) bond motifs is 6. The molecule has 6 unspecified atom stereocenters. The van der Waals surface area contributed by atoms with E-state index in [0.29, 0.717) is 18.1 Å². The van der Waals surface area contributed by atoms with Crippen LogP contribution in [0.1, 0.15) is 54.2 Å². The smallest absolute Gasteiger partial charge is 0.0806 e. The van der Waals surface area contributed by atoms with Crippen molar-refractivity contribution in [2.75, 3.05) is 73.6 Å². The summed E-state index contributed by atoms with van der Waals surface area (Å²) in [4.78, 5) is 26.8. The molecular weight excluding hydrogens is 1290 g/mol. The van der Waals surface area contributed by atoms with Gasteiger partial charge < -0.3 is 30.7 Å². The largest absolute Gasteiger partial charge is 0.366 e. The minimum Gasteiger partial charge on any atom is -0.366 e. The molecule has 0 spiro atoms. The van der Waals surface area contributed by atoms with Crippen LogP contribution in [0, 0.1) is 55.1 Å². The summed E-state index contributed by atoms with van der Waals surface area (Å²) in [5, 5.41) is 14.0. The number of nitrogens with one attached hydrogen (secondary N) is 3. The molecule has 6 atom stereocenters. The van der Waals surface area contributed by atoms with E-state index in [1.165, 1.54) is 112 Å². The molecular formula is C57H66I3N9S3. The maximum atomic E-state index is 5.03. The molecule has 6 heterocycles. The number of para-hydroxylation sites is 3. The van der Waals surface area contributed by atoms with Crippen molar-refractivity contribution in [3.63, 3.8) is 0 Å². The van der Waals surface area contributed by atoms with Crippen molar-refractivity contribution in [3.05, 3.63) is 154 Å². The molecule has 0 amide bonds. The maximum Gasteiger partial charge on any atom is 0.0806 e. The molecule has 0 radical (unpaired) electrons. The average Bonchev–Trinajstić information content (AvgIpc) is 3.37. The predicted octanol–water partition coefficient (Wildman–Crippen LogP) is 12.9. The lowest BCUT2D eigenvalue weighted by Gasteiger charge is -2.36. The Morgan fingerprint density at radius 2 is 0.694 bits per heavy atom. The highest BCUT2D eigenvalue weighted by Gasteiger charge is 2.26. The molecule has 3 N–H and O–H groups in total. The van der Waals surface area contributed by atoms with Gasteiger partial charge in [0, 0.05) is 122 Å². The number of benzene rings is 6. The summed E-state index contributed by atoms with van der Waals surface area (Å²) in [6.07, 6.45) is 0. The summed E-state index contributed by atoms with van der Waals surface area (Å²) in [5.74, 6) is 0. The van der Waals surface area contributed by atoms with Gasteiger partial charge in [-0.3, -0.25) is 0 Å². The zero-order valence-electron chi connectivity index (χ0n) is 42.8. The highest BCUT2D eigenvalue weighted by Crippen LogP contribution is 2.50. The maximum absolute atomic E-state index is 5.03. The van der Waals surface area contributed by atoms with Crippen LogP contribution in [-0.4, -0.2) is 77.0 Å². The highest BCUT2D eigenvalue weighted by molar-refractivity contribution is 14.2. The van der Waals surface area contributed by atoms with Gasteiger partial charge in [0.05, 0.1) is 33.1 Å². The molecule has 6 aliphatic heterocycles. The van der Waals surface area contributed by atoms with Crippen LogP contribution in [0.25, 0.3) is 0 Å². The fourth-order valence-corrected chi connectivity index (χ4v) is 21.1. The summed E-state index contributed by atoms with van der Waals surface area (Å²) in [5.41, 5.74) is 15.3. The first-order chi connectivity index (χ1) is 34.7. The first-order valence-corrected chi connectivity index (χ1v) is 36.5. The van der Waals surface area contributed by atoms with Crippen LogP contribution in [0.5, 0.6) is 0 Å². The van der Waals surface area contributed by atoms with Gasteiger partial charge in [-0.2, -0.15) is 0 Å².